The van der Waals surface area contributed by atoms with Crippen LogP contribution in [-0.4, -0.2) is 163 Å². The first-order chi connectivity index (χ1) is 39.0. The fraction of sp³-hybridized carbons (Fsp3) is 0.491. The van der Waals surface area contributed by atoms with Gasteiger partial charge in [0.1, 0.15) is 24.2 Å². The number of guanidine groups is 2. The number of aromatic nitrogens is 1. The Bertz CT molecular complexity index is 2790. The number of nitrogens with one attached hydrogen (secondary N) is 7. The van der Waals surface area contributed by atoms with Crippen LogP contribution in [0.4, 0.5) is 22.7 Å². The van der Waals surface area contributed by atoms with Crippen LogP contribution in [0.15, 0.2) is 70.6 Å². The van der Waals surface area contributed by atoms with Crippen LogP contribution in [0.3, 0.4) is 0 Å². The molecule has 4 aromatic rings. The third kappa shape index (κ3) is 19.5. The van der Waals surface area contributed by atoms with E-state index < -0.39 is 60.3 Å². The summed E-state index contributed by atoms with van der Waals surface area (Å²) in [5, 5.41) is 31.6. The maximum absolute atomic E-state index is 14.6. The van der Waals surface area contributed by atoms with Gasteiger partial charge in [-0.3, -0.25) is 43.5 Å². The van der Waals surface area contributed by atoms with Gasteiger partial charge >= 0.3 is 0 Å². The number of carbonyl (C=O) groups excluding carboxylic acids is 7. The average Bonchev–Trinajstić information content (AvgIpc) is 4.18. The topological polar surface area (TPSA) is 424 Å². The van der Waals surface area contributed by atoms with Gasteiger partial charge in [-0.2, -0.15) is 0 Å². The predicted molar refractivity (Wildman–Crippen MR) is 313 cm³/mol. The summed E-state index contributed by atoms with van der Waals surface area (Å²) in [6.07, 6.45) is 6.62. The number of pyridine rings is 1. The van der Waals surface area contributed by atoms with Gasteiger partial charge in [-0.15, -0.1) is 0 Å². The monoisotopic (exact) mass is 1120 g/mol. The minimum atomic E-state index is -1.58. The highest BCUT2D eigenvalue weighted by atomic mass is 16.3. The molecule has 6 rings (SSSR count). The summed E-state index contributed by atoms with van der Waals surface area (Å²) in [4.78, 5) is 112. The van der Waals surface area contributed by atoms with Crippen molar-refractivity contribution >= 4 is 97.8 Å². The van der Waals surface area contributed by atoms with Crippen molar-refractivity contribution < 1.29 is 38.7 Å². The van der Waals surface area contributed by atoms with E-state index in [0.29, 0.717) is 89.9 Å². The number of fused-ring (bicyclic) bond motifs is 2. The Morgan fingerprint density at radius 3 is 1.56 bits per heavy atom. The van der Waals surface area contributed by atoms with Crippen molar-refractivity contribution in [1.82, 2.24) is 36.1 Å². The first-order valence-electron chi connectivity index (χ1n) is 27.7. The van der Waals surface area contributed by atoms with Crippen molar-refractivity contribution in [2.24, 2.45) is 44.4 Å². The minimum Gasteiger partial charge on any atom is -0.394 e. The lowest BCUT2D eigenvalue weighted by Crippen LogP contribution is -2.59. The Morgan fingerprint density at radius 1 is 0.580 bits per heavy atom. The quantitative estimate of drug-likeness (QED) is 0.0135. The minimum absolute atomic E-state index is 0.0484. The second-order valence-electron chi connectivity index (χ2n) is 20.3. The van der Waals surface area contributed by atoms with Crippen molar-refractivity contribution in [3.8, 4) is 0 Å². The highest BCUT2D eigenvalue weighted by Gasteiger charge is 2.31. The third-order valence-electron chi connectivity index (χ3n) is 14.0. The SMILES string of the molecule is NCCCC[C@H](NC(=O)c1ccccc1Nc1c2ccc(NC(=O)CCN3CCCC3)cc2nc2cc(NC(=O)CCN3CCCC3)ccc12)C(=O)N[C@@H](CCCN=C(N)N)C(=O)N[C@@H](CO)C(=O)N[C@@H](CCCN=C(N)N)C(N)=O. The zero-order chi connectivity index (χ0) is 58.3. The van der Waals surface area contributed by atoms with E-state index in [1.165, 1.54) is 0 Å². The molecule has 0 spiro atoms. The molecule has 20 N–H and O–H groups in total. The number of hydrogen-bond donors (Lipinski definition) is 14. The Kier molecular flexibility index (Phi) is 24.2. The van der Waals surface area contributed by atoms with E-state index in [1.807, 2.05) is 12.1 Å². The second kappa shape index (κ2) is 31.6. The molecule has 3 heterocycles. The third-order valence-corrected chi connectivity index (χ3v) is 14.0. The van der Waals surface area contributed by atoms with E-state index in [2.05, 4.69) is 57.0 Å². The summed E-state index contributed by atoms with van der Waals surface area (Å²) >= 11 is 0. The van der Waals surface area contributed by atoms with Crippen LogP contribution < -0.4 is 71.6 Å². The lowest BCUT2D eigenvalue weighted by Gasteiger charge is -2.26. The predicted octanol–water partition coefficient (Wildman–Crippen LogP) is 0.247. The van der Waals surface area contributed by atoms with Crippen LogP contribution in [0, 0.1) is 0 Å². The van der Waals surface area contributed by atoms with Crippen LogP contribution in [0.5, 0.6) is 0 Å². The number of hydrogen-bond acceptors (Lipinski definition) is 15. The number of aliphatic hydroxyl groups is 1. The molecule has 81 heavy (non-hydrogen) atoms. The van der Waals surface area contributed by atoms with Gasteiger partial charge in [0.25, 0.3) is 5.91 Å². The molecule has 2 aliphatic heterocycles. The number of anilines is 4. The number of benzene rings is 3. The summed E-state index contributed by atoms with van der Waals surface area (Å²) in [6.45, 7) is 4.86. The van der Waals surface area contributed by atoms with Gasteiger partial charge in [-0.05, 0) is 152 Å². The number of para-hydroxylation sites is 1. The Hall–Kier alpha value is -8.20. The normalized spacial score (nSPS) is 14.9. The Labute approximate surface area is 470 Å². The number of nitrogens with two attached hydrogens (primary N) is 6. The first kappa shape index (κ1) is 62.0. The molecule has 2 aliphatic rings. The maximum atomic E-state index is 14.6. The largest absolute Gasteiger partial charge is 0.394 e. The van der Waals surface area contributed by atoms with E-state index in [0.717, 1.165) is 51.9 Å². The van der Waals surface area contributed by atoms with Crippen LogP contribution in [0.25, 0.3) is 21.8 Å². The van der Waals surface area contributed by atoms with Gasteiger partial charge in [-0.25, -0.2) is 4.98 Å². The molecule has 3 aromatic carbocycles. The van der Waals surface area contributed by atoms with Gasteiger partial charge in [0.05, 0.1) is 34.6 Å². The molecule has 1 aromatic heterocycles. The number of carbonyl (C=O) groups is 7. The number of unbranched alkanes of at least 4 members (excludes halogenated alkanes) is 1. The van der Waals surface area contributed by atoms with Crippen LogP contribution in [-0.2, 0) is 28.8 Å². The van der Waals surface area contributed by atoms with Gasteiger partial charge < -0.3 is 86.5 Å². The van der Waals surface area contributed by atoms with Crippen molar-refractivity contribution in [2.45, 2.75) is 108 Å². The number of aliphatic imine (C=N–C) groups is 2. The molecule has 26 heteroatoms. The highest BCUT2D eigenvalue weighted by molar-refractivity contribution is 6.12. The number of likely N-dealkylation sites (tertiary alicyclic amines) is 2. The molecule has 7 amide bonds. The smallest absolute Gasteiger partial charge is 0.254 e. The summed E-state index contributed by atoms with van der Waals surface area (Å²) in [6, 6.07) is 12.2. The number of nitrogens with zero attached hydrogens (tertiary/aromatic N) is 5. The molecule has 0 bridgehead atoms. The summed E-state index contributed by atoms with van der Waals surface area (Å²) in [5.41, 5.74) is 36.4. The number of primary amides is 1. The molecular weight excluding hydrogens is 1040 g/mol. The molecular formula is C55H80N18O8. The zero-order valence-corrected chi connectivity index (χ0v) is 45.9. The van der Waals surface area contributed by atoms with Crippen molar-refractivity contribution in [1.29, 1.82) is 0 Å². The summed E-state index contributed by atoms with van der Waals surface area (Å²) < 4.78 is 0. The van der Waals surface area contributed by atoms with Gasteiger partial charge in [0.15, 0.2) is 11.9 Å². The van der Waals surface area contributed by atoms with E-state index in [1.54, 1.807) is 48.5 Å². The maximum Gasteiger partial charge on any atom is 0.254 e. The summed E-state index contributed by atoms with van der Waals surface area (Å²) in [5.74, 6) is -4.66. The van der Waals surface area contributed by atoms with Gasteiger partial charge in [0.2, 0.25) is 35.4 Å². The summed E-state index contributed by atoms with van der Waals surface area (Å²) in [7, 11) is 0. The molecule has 26 nitrogen and oxygen atoms in total. The van der Waals surface area contributed by atoms with E-state index in [4.69, 9.17) is 39.4 Å². The molecule has 0 radical (unpaired) electrons. The second-order valence-corrected chi connectivity index (χ2v) is 20.3. The highest BCUT2D eigenvalue weighted by Crippen LogP contribution is 2.36. The standard InChI is InChI=1S/C55H80N18O8/c56-22-4-3-13-41(51(79)70-42(15-10-24-63-55(60)61)52(80)71-45(33-74)53(81)68-40(49(57)77)14-9-23-62-54(58)59)69-50(78)38-11-1-2-12-39(38)67-48-36-18-16-34(64-46(75)20-29-72-25-5-6-26-72)31-43(36)66-44-32-35(17-19-37(44)48)65-47(76)21-30-73-27-7-8-28-73/h1-2,11-12,16-19,31-32,40-42,45,74H,3-10,13-15,20-30,33,56H2,(H2,57,77)(H,64,75)(H,65,76)(H,66,67)(H,68,81)(H,69,78)(H,70,79)(H,71,80)(H4,58,59,62)(H4,60,61,63)/t40-,41-,42-,45-/m0/s1. The molecule has 0 aliphatic carbocycles. The van der Waals surface area contributed by atoms with E-state index in [9.17, 15) is 38.7 Å². The number of aliphatic hydroxyl groups excluding tert-OH is 1. The van der Waals surface area contributed by atoms with Crippen molar-refractivity contribution in [2.75, 3.05) is 81.5 Å². The molecule has 4 atom stereocenters. The van der Waals surface area contributed by atoms with E-state index >= 15 is 0 Å². The first-order valence-corrected chi connectivity index (χ1v) is 27.7. The zero-order valence-electron chi connectivity index (χ0n) is 45.9. The molecule has 0 unspecified atom stereocenters. The van der Waals surface area contributed by atoms with Crippen LogP contribution in [0.2, 0.25) is 0 Å². The molecule has 438 valence electrons. The fourth-order valence-corrected chi connectivity index (χ4v) is 9.71. The molecule has 0 saturated carbocycles. The van der Waals surface area contributed by atoms with Crippen LogP contribution in [0.1, 0.15) is 93.8 Å². The van der Waals surface area contributed by atoms with E-state index in [-0.39, 0.29) is 74.5 Å². The van der Waals surface area contributed by atoms with Crippen molar-refractivity contribution in [3.63, 3.8) is 0 Å². The Balaban J connectivity index is 1.24. The fourth-order valence-electron chi connectivity index (χ4n) is 9.71. The Morgan fingerprint density at radius 2 is 1.05 bits per heavy atom. The van der Waals surface area contributed by atoms with Crippen LogP contribution >= 0.6 is 0 Å². The lowest BCUT2D eigenvalue weighted by molar-refractivity contribution is -0.134. The number of amides is 7. The van der Waals surface area contributed by atoms with Crippen molar-refractivity contribution in [3.05, 3.63) is 66.2 Å². The van der Waals surface area contributed by atoms with Gasteiger partial charge in [0, 0.05) is 61.2 Å². The van der Waals surface area contributed by atoms with Gasteiger partial charge in [-0.1, -0.05) is 12.1 Å². The molecule has 2 fully saturated rings. The number of rotatable bonds is 32. The lowest BCUT2D eigenvalue weighted by atomic mass is 10.0. The average molecular weight is 1120 g/mol. The molecule has 2 saturated heterocycles.